The van der Waals surface area contributed by atoms with E-state index in [1.807, 2.05) is 19.1 Å². The van der Waals surface area contributed by atoms with E-state index >= 15 is 0 Å². The summed E-state index contributed by atoms with van der Waals surface area (Å²) in [6.45, 7) is 1.96. The molecule has 0 saturated heterocycles. The van der Waals surface area contributed by atoms with E-state index in [-0.39, 0.29) is 0 Å². The Morgan fingerprint density at radius 1 is 1.04 bits per heavy atom. The van der Waals surface area contributed by atoms with E-state index in [9.17, 15) is 15.0 Å². The van der Waals surface area contributed by atoms with Crippen molar-refractivity contribution in [2.45, 2.75) is 51.6 Å². The summed E-state index contributed by atoms with van der Waals surface area (Å²) in [5, 5.41) is 21.7. The first kappa shape index (κ1) is 17.5. The van der Waals surface area contributed by atoms with Crippen LogP contribution in [0.15, 0.2) is 42.5 Å². The van der Waals surface area contributed by atoms with Crippen LogP contribution in [-0.4, -0.2) is 22.3 Å². The number of carboxylic acid groups (broad SMARTS) is 1. The van der Waals surface area contributed by atoms with Crippen LogP contribution >= 0.6 is 0 Å². The smallest absolute Gasteiger partial charge is 0.309 e. The van der Waals surface area contributed by atoms with Crippen molar-refractivity contribution in [1.82, 2.24) is 0 Å². The van der Waals surface area contributed by atoms with Crippen LogP contribution in [-0.2, 0) is 11.2 Å². The van der Waals surface area contributed by atoms with Crippen molar-refractivity contribution in [3.8, 4) is 0 Å². The van der Waals surface area contributed by atoms with Gasteiger partial charge in [0.1, 0.15) is 0 Å². The van der Waals surface area contributed by atoms with Gasteiger partial charge < -0.3 is 10.2 Å². The Kier molecular flexibility index (Phi) is 6.60. The van der Waals surface area contributed by atoms with Crippen molar-refractivity contribution in [3.63, 3.8) is 0 Å². The highest BCUT2D eigenvalue weighted by molar-refractivity contribution is 5.82. The number of aryl methyl sites for hydroxylation is 1. The molecule has 0 fully saturated rings. The van der Waals surface area contributed by atoms with E-state index in [0.717, 1.165) is 25.7 Å². The summed E-state index contributed by atoms with van der Waals surface area (Å²) in [6, 6.07) is 14.8. The number of aliphatic hydroxyl groups is 1. The highest BCUT2D eigenvalue weighted by Gasteiger charge is 2.24. The van der Waals surface area contributed by atoms with E-state index in [4.69, 9.17) is 0 Å². The zero-order valence-electron chi connectivity index (χ0n) is 13.7. The standard InChI is InChI=1S/C20H26O3/c1-2-7-19(21)18(20(22)23)11-6-3-8-15-12-13-16-9-4-5-10-17(16)14-15/h4-5,9-10,12-14,18-19,21H,2-3,6-8,11H2,1H3,(H,22,23). The maximum Gasteiger partial charge on any atom is 0.309 e. The lowest BCUT2D eigenvalue weighted by Crippen LogP contribution is -2.28. The number of fused-ring (bicyclic) bond motifs is 1. The molecule has 0 radical (unpaired) electrons. The Bertz CT molecular complexity index is 636. The third-order valence-corrected chi connectivity index (χ3v) is 4.41. The van der Waals surface area contributed by atoms with Crippen molar-refractivity contribution < 1.29 is 15.0 Å². The fourth-order valence-electron chi connectivity index (χ4n) is 3.07. The van der Waals surface area contributed by atoms with Crippen molar-refractivity contribution in [2.24, 2.45) is 5.92 Å². The number of carboxylic acids is 1. The summed E-state index contributed by atoms with van der Waals surface area (Å²) in [7, 11) is 0. The van der Waals surface area contributed by atoms with Crippen LogP contribution in [0.2, 0.25) is 0 Å². The maximum absolute atomic E-state index is 11.3. The second-order valence-corrected chi connectivity index (χ2v) is 6.23. The Morgan fingerprint density at radius 3 is 2.48 bits per heavy atom. The van der Waals surface area contributed by atoms with Crippen molar-refractivity contribution >= 4 is 16.7 Å². The minimum atomic E-state index is -0.878. The molecule has 3 heteroatoms. The Labute approximate surface area is 138 Å². The van der Waals surface area contributed by atoms with Gasteiger partial charge in [-0.2, -0.15) is 0 Å². The number of carbonyl (C=O) groups is 1. The monoisotopic (exact) mass is 314 g/mol. The molecule has 0 heterocycles. The van der Waals surface area contributed by atoms with Crippen LogP contribution in [0.5, 0.6) is 0 Å². The van der Waals surface area contributed by atoms with Gasteiger partial charge in [0.25, 0.3) is 0 Å². The van der Waals surface area contributed by atoms with E-state index in [0.29, 0.717) is 12.8 Å². The van der Waals surface area contributed by atoms with Gasteiger partial charge >= 0.3 is 5.97 Å². The highest BCUT2D eigenvalue weighted by atomic mass is 16.4. The van der Waals surface area contributed by atoms with Gasteiger partial charge in [-0.15, -0.1) is 0 Å². The van der Waals surface area contributed by atoms with Crippen LogP contribution in [0, 0.1) is 5.92 Å². The lowest BCUT2D eigenvalue weighted by molar-refractivity contribution is -0.146. The molecule has 2 aromatic carbocycles. The maximum atomic E-state index is 11.3. The molecular formula is C20H26O3. The first-order chi connectivity index (χ1) is 11.1. The quantitative estimate of drug-likeness (QED) is 0.674. The topological polar surface area (TPSA) is 57.5 Å². The minimum absolute atomic E-state index is 0.546. The molecule has 2 unspecified atom stereocenters. The predicted octanol–water partition coefficient (Wildman–Crippen LogP) is 4.41. The zero-order chi connectivity index (χ0) is 16.7. The first-order valence-corrected chi connectivity index (χ1v) is 8.50. The van der Waals surface area contributed by atoms with Crippen LogP contribution in [0.25, 0.3) is 10.8 Å². The first-order valence-electron chi connectivity index (χ1n) is 8.50. The SMILES string of the molecule is CCCC(O)C(CCCCc1ccc2ccccc2c1)C(=O)O. The molecule has 2 atom stereocenters. The number of unbranched alkanes of at least 4 members (excludes halogenated alkanes) is 1. The summed E-state index contributed by atoms with van der Waals surface area (Å²) in [6.07, 6.45) is 3.90. The highest BCUT2D eigenvalue weighted by Crippen LogP contribution is 2.20. The number of hydrogen-bond donors (Lipinski definition) is 2. The molecule has 0 bridgehead atoms. The minimum Gasteiger partial charge on any atom is -0.481 e. The van der Waals surface area contributed by atoms with Crippen LogP contribution in [0.4, 0.5) is 0 Å². The summed E-state index contributed by atoms with van der Waals surface area (Å²) < 4.78 is 0. The lowest BCUT2D eigenvalue weighted by atomic mass is 9.92. The molecule has 0 aliphatic carbocycles. The van der Waals surface area contributed by atoms with Gasteiger partial charge in [0, 0.05) is 0 Å². The van der Waals surface area contributed by atoms with E-state index in [2.05, 4.69) is 30.3 Å². The molecule has 0 spiro atoms. The summed E-state index contributed by atoms with van der Waals surface area (Å²) >= 11 is 0. The molecule has 2 aromatic rings. The number of aliphatic carboxylic acids is 1. The van der Waals surface area contributed by atoms with Gasteiger partial charge in [-0.05, 0) is 42.0 Å². The Balaban J connectivity index is 1.84. The van der Waals surface area contributed by atoms with E-state index in [1.54, 1.807) is 0 Å². The third kappa shape index (κ3) is 5.07. The number of rotatable bonds is 9. The predicted molar refractivity (Wildman–Crippen MR) is 93.5 cm³/mol. The van der Waals surface area contributed by atoms with Crippen LogP contribution in [0.1, 0.15) is 44.6 Å². The second-order valence-electron chi connectivity index (χ2n) is 6.23. The number of hydrogen-bond acceptors (Lipinski definition) is 2. The van der Waals surface area contributed by atoms with Crippen molar-refractivity contribution in [2.75, 3.05) is 0 Å². The molecule has 0 aliphatic heterocycles. The van der Waals surface area contributed by atoms with E-state index in [1.165, 1.54) is 16.3 Å². The average molecular weight is 314 g/mol. The van der Waals surface area contributed by atoms with Gasteiger partial charge in [0.05, 0.1) is 12.0 Å². The molecular weight excluding hydrogens is 288 g/mol. The van der Waals surface area contributed by atoms with Gasteiger partial charge in [0.2, 0.25) is 0 Å². The molecule has 0 aromatic heterocycles. The summed E-state index contributed by atoms with van der Waals surface area (Å²) in [4.78, 5) is 11.3. The Hall–Kier alpha value is -1.87. The number of aliphatic hydroxyl groups excluding tert-OH is 1. The fraction of sp³-hybridized carbons (Fsp3) is 0.450. The molecule has 23 heavy (non-hydrogen) atoms. The fourth-order valence-corrected chi connectivity index (χ4v) is 3.07. The van der Waals surface area contributed by atoms with Gasteiger partial charge in [-0.1, -0.05) is 62.2 Å². The van der Waals surface area contributed by atoms with Crippen molar-refractivity contribution in [1.29, 1.82) is 0 Å². The molecule has 3 nitrogen and oxygen atoms in total. The summed E-state index contributed by atoms with van der Waals surface area (Å²) in [5.74, 6) is -1.51. The van der Waals surface area contributed by atoms with Gasteiger partial charge in [-0.3, -0.25) is 4.79 Å². The molecule has 124 valence electrons. The molecule has 0 saturated carbocycles. The van der Waals surface area contributed by atoms with Gasteiger partial charge in [0.15, 0.2) is 0 Å². The molecule has 0 amide bonds. The normalized spacial score (nSPS) is 13.8. The van der Waals surface area contributed by atoms with Crippen LogP contribution < -0.4 is 0 Å². The van der Waals surface area contributed by atoms with Gasteiger partial charge in [-0.25, -0.2) is 0 Å². The second kappa shape index (κ2) is 8.68. The molecule has 2 rings (SSSR count). The average Bonchev–Trinajstić information content (AvgIpc) is 2.54. The van der Waals surface area contributed by atoms with Crippen molar-refractivity contribution in [3.05, 3.63) is 48.0 Å². The number of benzene rings is 2. The largest absolute Gasteiger partial charge is 0.481 e. The molecule has 2 N–H and O–H groups in total. The lowest BCUT2D eigenvalue weighted by Gasteiger charge is -2.18. The van der Waals surface area contributed by atoms with E-state index < -0.39 is 18.0 Å². The molecule has 0 aliphatic rings. The Morgan fingerprint density at radius 2 is 1.78 bits per heavy atom. The zero-order valence-corrected chi connectivity index (χ0v) is 13.7. The summed E-state index contributed by atoms with van der Waals surface area (Å²) in [5.41, 5.74) is 1.28. The third-order valence-electron chi connectivity index (χ3n) is 4.41. The van der Waals surface area contributed by atoms with Crippen LogP contribution in [0.3, 0.4) is 0 Å².